The lowest BCUT2D eigenvalue weighted by Crippen LogP contribution is -2.42. The number of anilines is 1. The number of carbonyl (C=O) groups excluding carboxylic acids is 2. The third kappa shape index (κ3) is 2.77. The first kappa shape index (κ1) is 14.4. The van der Waals surface area contributed by atoms with E-state index in [4.69, 9.17) is 14.2 Å². The molecule has 22 heavy (non-hydrogen) atoms. The Morgan fingerprint density at radius 1 is 1.23 bits per heavy atom. The normalized spacial score (nSPS) is 22.3. The van der Waals surface area contributed by atoms with E-state index in [1.807, 2.05) is 25.1 Å². The van der Waals surface area contributed by atoms with Crippen LogP contribution in [0.5, 0.6) is 5.75 Å². The first-order valence-electron chi connectivity index (χ1n) is 7.07. The van der Waals surface area contributed by atoms with E-state index in [2.05, 4.69) is 5.32 Å². The molecule has 1 atom stereocenters. The van der Waals surface area contributed by atoms with E-state index in [1.54, 1.807) is 0 Å². The van der Waals surface area contributed by atoms with Crippen molar-refractivity contribution in [1.82, 2.24) is 0 Å². The van der Waals surface area contributed by atoms with E-state index in [9.17, 15) is 9.59 Å². The largest absolute Gasteiger partial charge is 0.490 e. The molecule has 0 amide bonds. The van der Waals surface area contributed by atoms with Crippen LogP contribution in [0.15, 0.2) is 30.0 Å². The zero-order valence-corrected chi connectivity index (χ0v) is 12.6. The summed E-state index contributed by atoms with van der Waals surface area (Å²) >= 11 is 0. The minimum atomic E-state index is -1.23. The number of rotatable bonds is 2. The van der Waals surface area contributed by atoms with Gasteiger partial charge in [-0.1, -0.05) is 0 Å². The quantitative estimate of drug-likeness (QED) is 0.512. The standard InChI is InChI=1S/C16H17NO5/c1-9-6-10-7-11(4-5-13(10)20-9)17-8-12-14(18)21-16(2,3)22-15(12)19/h4-5,7-9,17H,6H2,1-3H3. The van der Waals surface area contributed by atoms with Crippen LogP contribution in [0.4, 0.5) is 5.69 Å². The number of ether oxygens (including phenoxy) is 3. The third-order valence-electron chi connectivity index (χ3n) is 3.40. The van der Waals surface area contributed by atoms with E-state index in [0.29, 0.717) is 0 Å². The molecular weight excluding hydrogens is 286 g/mol. The number of hydrogen-bond acceptors (Lipinski definition) is 6. The second-order valence-corrected chi connectivity index (χ2v) is 5.84. The summed E-state index contributed by atoms with van der Waals surface area (Å²) in [6, 6.07) is 5.61. The summed E-state index contributed by atoms with van der Waals surface area (Å²) in [4.78, 5) is 23.6. The molecule has 0 saturated carbocycles. The second kappa shape index (κ2) is 5.05. The van der Waals surface area contributed by atoms with Crippen molar-refractivity contribution in [1.29, 1.82) is 0 Å². The fraction of sp³-hybridized carbons (Fsp3) is 0.375. The molecule has 3 rings (SSSR count). The van der Waals surface area contributed by atoms with Gasteiger partial charge in [0, 0.05) is 32.2 Å². The van der Waals surface area contributed by atoms with Crippen molar-refractivity contribution in [3.05, 3.63) is 35.5 Å². The van der Waals surface area contributed by atoms with Crippen molar-refractivity contribution in [2.75, 3.05) is 5.32 Å². The molecule has 1 aromatic rings. The van der Waals surface area contributed by atoms with Crippen LogP contribution in [-0.4, -0.2) is 23.8 Å². The first-order valence-corrected chi connectivity index (χ1v) is 7.07. The van der Waals surface area contributed by atoms with Crippen LogP contribution in [0, 0.1) is 0 Å². The van der Waals surface area contributed by atoms with Crippen LogP contribution in [0.25, 0.3) is 0 Å². The van der Waals surface area contributed by atoms with Gasteiger partial charge in [-0.3, -0.25) is 0 Å². The second-order valence-electron chi connectivity index (χ2n) is 5.84. The number of benzene rings is 1. The Morgan fingerprint density at radius 2 is 1.91 bits per heavy atom. The summed E-state index contributed by atoms with van der Waals surface area (Å²) < 4.78 is 15.7. The fourth-order valence-corrected chi connectivity index (χ4v) is 2.45. The molecule has 1 aromatic carbocycles. The summed E-state index contributed by atoms with van der Waals surface area (Å²) in [5, 5.41) is 2.93. The molecule has 6 heteroatoms. The average Bonchev–Trinajstić information content (AvgIpc) is 2.75. The minimum absolute atomic E-state index is 0.161. The van der Waals surface area contributed by atoms with Gasteiger partial charge in [-0.25, -0.2) is 9.59 Å². The van der Waals surface area contributed by atoms with Gasteiger partial charge in [0.1, 0.15) is 11.9 Å². The Bertz CT molecular complexity index is 655. The molecule has 0 spiro atoms. The molecule has 1 unspecified atom stereocenters. The Kier molecular flexibility index (Phi) is 3.31. The van der Waals surface area contributed by atoms with Gasteiger partial charge in [-0.05, 0) is 30.7 Å². The van der Waals surface area contributed by atoms with Crippen molar-refractivity contribution >= 4 is 17.6 Å². The molecule has 1 N–H and O–H groups in total. The van der Waals surface area contributed by atoms with Gasteiger partial charge in [-0.2, -0.15) is 0 Å². The molecule has 1 fully saturated rings. The van der Waals surface area contributed by atoms with Gasteiger partial charge < -0.3 is 19.5 Å². The molecule has 2 aliphatic heterocycles. The van der Waals surface area contributed by atoms with E-state index in [-0.39, 0.29) is 11.7 Å². The Hall–Kier alpha value is -2.50. The number of nitrogens with one attached hydrogen (secondary N) is 1. The molecule has 0 aromatic heterocycles. The first-order chi connectivity index (χ1) is 10.3. The summed E-state index contributed by atoms with van der Waals surface area (Å²) in [6.45, 7) is 5.02. The average molecular weight is 303 g/mol. The lowest BCUT2D eigenvalue weighted by molar-refractivity contribution is -0.222. The number of hydrogen-bond donors (Lipinski definition) is 1. The van der Waals surface area contributed by atoms with Crippen LogP contribution in [-0.2, 0) is 25.5 Å². The van der Waals surface area contributed by atoms with Crippen LogP contribution in [0.1, 0.15) is 26.3 Å². The van der Waals surface area contributed by atoms with E-state index >= 15 is 0 Å². The monoisotopic (exact) mass is 303 g/mol. The predicted molar refractivity (Wildman–Crippen MR) is 78.2 cm³/mol. The third-order valence-corrected chi connectivity index (χ3v) is 3.40. The zero-order chi connectivity index (χ0) is 15.9. The summed E-state index contributed by atoms with van der Waals surface area (Å²) in [5.41, 5.74) is 1.68. The maximum atomic E-state index is 11.8. The molecule has 0 bridgehead atoms. The lowest BCUT2D eigenvalue weighted by Gasteiger charge is -2.29. The van der Waals surface area contributed by atoms with Gasteiger partial charge >= 0.3 is 11.9 Å². The predicted octanol–water partition coefficient (Wildman–Crippen LogP) is 2.14. The highest BCUT2D eigenvalue weighted by molar-refractivity contribution is 6.15. The van der Waals surface area contributed by atoms with E-state index in [0.717, 1.165) is 23.4 Å². The van der Waals surface area contributed by atoms with Gasteiger partial charge in [0.05, 0.1) is 0 Å². The Labute approximate surface area is 128 Å². The highest BCUT2D eigenvalue weighted by Crippen LogP contribution is 2.31. The van der Waals surface area contributed by atoms with Gasteiger partial charge in [-0.15, -0.1) is 0 Å². The summed E-state index contributed by atoms with van der Waals surface area (Å²) in [5.74, 6) is -1.77. The fourth-order valence-electron chi connectivity index (χ4n) is 2.45. The molecule has 0 aliphatic carbocycles. The van der Waals surface area contributed by atoms with Crippen molar-refractivity contribution < 1.29 is 23.8 Å². The van der Waals surface area contributed by atoms with Crippen molar-refractivity contribution in [3.63, 3.8) is 0 Å². The molecular formula is C16H17NO5. The molecule has 116 valence electrons. The maximum absolute atomic E-state index is 11.8. The topological polar surface area (TPSA) is 73.9 Å². The Morgan fingerprint density at radius 3 is 2.59 bits per heavy atom. The highest BCUT2D eigenvalue weighted by atomic mass is 16.7. The molecule has 1 saturated heterocycles. The van der Waals surface area contributed by atoms with Gasteiger partial charge in [0.25, 0.3) is 5.79 Å². The summed E-state index contributed by atoms with van der Waals surface area (Å²) in [6.07, 6.45) is 2.30. The minimum Gasteiger partial charge on any atom is -0.490 e. The van der Waals surface area contributed by atoms with Crippen molar-refractivity contribution in [2.45, 2.75) is 39.1 Å². The highest BCUT2D eigenvalue weighted by Gasteiger charge is 2.38. The van der Waals surface area contributed by atoms with Crippen LogP contribution < -0.4 is 10.1 Å². The zero-order valence-electron chi connectivity index (χ0n) is 12.6. The molecule has 2 aliphatic rings. The number of esters is 2. The molecule has 0 radical (unpaired) electrons. The molecule has 2 heterocycles. The summed E-state index contributed by atoms with van der Waals surface area (Å²) in [7, 11) is 0. The maximum Gasteiger partial charge on any atom is 0.350 e. The Balaban J connectivity index is 1.76. The van der Waals surface area contributed by atoms with Crippen molar-refractivity contribution in [2.24, 2.45) is 0 Å². The van der Waals surface area contributed by atoms with Crippen LogP contribution in [0.3, 0.4) is 0 Å². The van der Waals surface area contributed by atoms with Crippen LogP contribution >= 0.6 is 0 Å². The number of carbonyl (C=O) groups is 2. The molecule has 6 nitrogen and oxygen atoms in total. The number of cyclic esters (lactones) is 2. The van der Waals surface area contributed by atoms with Gasteiger partial charge in [0.2, 0.25) is 0 Å². The van der Waals surface area contributed by atoms with Crippen LogP contribution in [0.2, 0.25) is 0 Å². The SMILES string of the molecule is CC1Cc2cc(NC=C3C(=O)OC(C)(C)OC3=O)ccc2O1. The number of fused-ring (bicyclic) bond motifs is 1. The van der Waals surface area contributed by atoms with E-state index in [1.165, 1.54) is 20.0 Å². The van der Waals surface area contributed by atoms with E-state index < -0.39 is 17.7 Å². The van der Waals surface area contributed by atoms with Gasteiger partial charge in [0.15, 0.2) is 5.57 Å². The van der Waals surface area contributed by atoms with Crippen molar-refractivity contribution in [3.8, 4) is 5.75 Å². The lowest BCUT2D eigenvalue weighted by atomic mass is 10.1. The smallest absolute Gasteiger partial charge is 0.350 e.